The van der Waals surface area contributed by atoms with Crippen LogP contribution < -0.4 is 9.47 Å². The number of hydrogen-bond acceptors (Lipinski definition) is 3. The molecule has 1 N–H and O–H groups in total. The molecule has 0 aliphatic heterocycles. The molecule has 1 aromatic carbocycles. The quantitative estimate of drug-likeness (QED) is 0.850. The van der Waals surface area contributed by atoms with Crippen molar-refractivity contribution in [3.63, 3.8) is 0 Å². The number of methoxy groups -OCH3 is 2. The van der Waals surface area contributed by atoms with Crippen LogP contribution in [0.3, 0.4) is 0 Å². The summed E-state index contributed by atoms with van der Waals surface area (Å²) in [6, 6.07) is 3.61. The van der Waals surface area contributed by atoms with E-state index in [0.29, 0.717) is 17.9 Å². The number of benzene rings is 1. The normalized spacial score (nSPS) is 10.5. The zero-order valence-corrected chi connectivity index (χ0v) is 11.2. The molecule has 0 fully saturated rings. The predicted molar refractivity (Wildman–Crippen MR) is 67.7 cm³/mol. The van der Waals surface area contributed by atoms with E-state index in [9.17, 15) is 4.79 Å². The van der Waals surface area contributed by atoms with E-state index in [2.05, 4.69) is 15.9 Å². The van der Waals surface area contributed by atoms with E-state index in [1.807, 2.05) is 6.07 Å². The maximum absolute atomic E-state index is 10.4. The minimum Gasteiger partial charge on any atom is -0.493 e. The fourth-order valence-electron chi connectivity index (χ4n) is 1.34. The highest BCUT2D eigenvalue weighted by Gasteiger charge is 2.08. The molecule has 0 heterocycles. The zero-order chi connectivity index (χ0) is 12.8. The second-order valence-electron chi connectivity index (χ2n) is 3.24. The van der Waals surface area contributed by atoms with Crippen molar-refractivity contribution < 1.29 is 19.4 Å². The van der Waals surface area contributed by atoms with E-state index in [1.165, 1.54) is 0 Å². The number of hydrogen-bond donors (Lipinski definition) is 1. The van der Waals surface area contributed by atoms with Crippen LogP contribution in [-0.4, -0.2) is 25.3 Å². The van der Waals surface area contributed by atoms with E-state index in [1.54, 1.807) is 26.4 Å². The molecule has 5 heteroatoms. The fraction of sp³-hybridized carbons (Fsp3) is 0.250. The summed E-state index contributed by atoms with van der Waals surface area (Å²) in [5.41, 5.74) is 0.931. The lowest BCUT2D eigenvalue weighted by molar-refractivity contribution is -0.131. The van der Waals surface area contributed by atoms with Gasteiger partial charge in [0.25, 0.3) is 0 Å². The summed E-state index contributed by atoms with van der Waals surface area (Å²) in [5, 5.41) is 8.50. The predicted octanol–water partition coefficient (Wildman–Crippen LogP) is 2.65. The van der Waals surface area contributed by atoms with Crippen molar-refractivity contribution >= 4 is 21.9 Å². The Labute approximate surface area is 108 Å². The van der Waals surface area contributed by atoms with E-state index < -0.39 is 5.97 Å². The largest absolute Gasteiger partial charge is 0.493 e. The molecule has 0 saturated carbocycles. The van der Waals surface area contributed by atoms with E-state index in [-0.39, 0.29) is 0 Å². The van der Waals surface area contributed by atoms with Gasteiger partial charge in [0.15, 0.2) is 11.5 Å². The Morgan fingerprint density at radius 1 is 1.35 bits per heavy atom. The standard InChI is InChI=1S/C12H13BrO4/c1-16-10-6-8(4-3-5-12(14)15)9(13)7-11(10)17-2/h3,5-7H,4H2,1-2H3,(H,14,15). The number of ether oxygens (including phenoxy) is 2. The van der Waals surface area contributed by atoms with Gasteiger partial charge in [0.05, 0.1) is 14.2 Å². The Kier molecular flexibility index (Phi) is 5.03. The lowest BCUT2D eigenvalue weighted by Gasteiger charge is -2.10. The number of allylic oxidation sites excluding steroid dienone is 1. The van der Waals surface area contributed by atoms with Gasteiger partial charge in [-0.1, -0.05) is 22.0 Å². The summed E-state index contributed by atoms with van der Waals surface area (Å²) in [6.07, 6.45) is 3.20. The van der Waals surface area contributed by atoms with Crippen LogP contribution >= 0.6 is 15.9 Å². The summed E-state index contributed by atoms with van der Waals surface area (Å²) in [5.74, 6) is 0.293. The van der Waals surface area contributed by atoms with Crippen molar-refractivity contribution in [3.8, 4) is 11.5 Å². The highest BCUT2D eigenvalue weighted by Crippen LogP contribution is 2.33. The Morgan fingerprint density at radius 2 is 1.94 bits per heavy atom. The topological polar surface area (TPSA) is 55.8 Å². The lowest BCUT2D eigenvalue weighted by Crippen LogP contribution is -1.94. The average Bonchev–Trinajstić information content (AvgIpc) is 2.30. The molecule has 92 valence electrons. The first kappa shape index (κ1) is 13.6. The lowest BCUT2D eigenvalue weighted by atomic mass is 10.1. The third-order valence-corrected chi connectivity index (χ3v) is 2.89. The molecule has 1 rings (SSSR count). The molecule has 0 aliphatic rings. The third kappa shape index (κ3) is 3.78. The van der Waals surface area contributed by atoms with Gasteiger partial charge in [0, 0.05) is 10.5 Å². The Hall–Kier alpha value is -1.49. The maximum Gasteiger partial charge on any atom is 0.327 e. The molecular formula is C12H13BrO4. The van der Waals surface area contributed by atoms with Gasteiger partial charge in [-0.25, -0.2) is 4.79 Å². The van der Waals surface area contributed by atoms with Gasteiger partial charge >= 0.3 is 5.97 Å². The van der Waals surface area contributed by atoms with Crippen molar-refractivity contribution in [1.29, 1.82) is 0 Å². The van der Waals surface area contributed by atoms with Gasteiger partial charge in [-0.3, -0.25) is 0 Å². The first-order chi connectivity index (χ1) is 8.08. The highest BCUT2D eigenvalue weighted by atomic mass is 79.9. The zero-order valence-electron chi connectivity index (χ0n) is 9.57. The molecular weight excluding hydrogens is 288 g/mol. The Bertz CT molecular complexity index is 440. The number of carboxylic acid groups (broad SMARTS) is 1. The molecule has 4 nitrogen and oxygen atoms in total. The first-order valence-electron chi connectivity index (χ1n) is 4.88. The molecule has 0 aromatic heterocycles. The molecule has 0 radical (unpaired) electrons. The van der Waals surface area contributed by atoms with Crippen molar-refractivity contribution in [2.24, 2.45) is 0 Å². The van der Waals surface area contributed by atoms with Crippen molar-refractivity contribution in [3.05, 3.63) is 34.3 Å². The number of carboxylic acids is 1. The van der Waals surface area contributed by atoms with Crippen LogP contribution in [0.4, 0.5) is 0 Å². The maximum atomic E-state index is 10.4. The summed E-state index contributed by atoms with van der Waals surface area (Å²) in [7, 11) is 3.12. The first-order valence-corrected chi connectivity index (χ1v) is 5.67. The van der Waals surface area contributed by atoms with Crippen molar-refractivity contribution in [1.82, 2.24) is 0 Å². The SMILES string of the molecule is COc1cc(Br)c(CC=CC(=O)O)cc1OC. The number of aliphatic carboxylic acids is 1. The Morgan fingerprint density at radius 3 is 2.47 bits per heavy atom. The molecule has 0 unspecified atom stereocenters. The van der Waals surface area contributed by atoms with Crippen LogP contribution in [0, 0.1) is 0 Å². The number of carbonyl (C=O) groups is 1. The van der Waals surface area contributed by atoms with Gasteiger partial charge in [-0.05, 0) is 24.1 Å². The average molecular weight is 301 g/mol. The monoisotopic (exact) mass is 300 g/mol. The molecule has 0 spiro atoms. The van der Waals surface area contributed by atoms with Gasteiger partial charge in [-0.2, -0.15) is 0 Å². The summed E-state index contributed by atoms with van der Waals surface area (Å²) >= 11 is 3.40. The second-order valence-corrected chi connectivity index (χ2v) is 4.10. The van der Waals surface area contributed by atoms with Crippen molar-refractivity contribution in [2.45, 2.75) is 6.42 Å². The fourth-order valence-corrected chi connectivity index (χ4v) is 1.82. The van der Waals surface area contributed by atoms with Gasteiger partial charge in [-0.15, -0.1) is 0 Å². The van der Waals surface area contributed by atoms with E-state index in [0.717, 1.165) is 16.1 Å². The summed E-state index contributed by atoms with van der Waals surface area (Å²) in [6.45, 7) is 0. The van der Waals surface area contributed by atoms with Crippen LogP contribution in [0.1, 0.15) is 5.56 Å². The minimum atomic E-state index is -0.957. The molecule has 1 aromatic rings. The Balaban J connectivity index is 2.96. The second kappa shape index (κ2) is 6.30. The summed E-state index contributed by atoms with van der Waals surface area (Å²) < 4.78 is 11.2. The summed E-state index contributed by atoms with van der Waals surface area (Å²) in [4.78, 5) is 10.4. The van der Waals surface area contributed by atoms with E-state index >= 15 is 0 Å². The van der Waals surface area contributed by atoms with Gasteiger partial charge in [0.2, 0.25) is 0 Å². The number of halogens is 1. The number of rotatable bonds is 5. The van der Waals surface area contributed by atoms with Crippen molar-refractivity contribution in [2.75, 3.05) is 14.2 Å². The molecule has 0 bridgehead atoms. The van der Waals surface area contributed by atoms with E-state index in [4.69, 9.17) is 14.6 Å². The third-order valence-electron chi connectivity index (χ3n) is 2.15. The highest BCUT2D eigenvalue weighted by molar-refractivity contribution is 9.10. The molecule has 0 atom stereocenters. The minimum absolute atomic E-state index is 0.507. The van der Waals surface area contributed by atoms with Gasteiger partial charge in [0.1, 0.15) is 0 Å². The van der Waals surface area contributed by atoms with Crippen LogP contribution in [0.25, 0.3) is 0 Å². The molecule has 17 heavy (non-hydrogen) atoms. The molecule has 0 aliphatic carbocycles. The van der Waals surface area contributed by atoms with Gasteiger partial charge < -0.3 is 14.6 Å². The smallest absolute Gasteiger partial charge is 0.327 e. The van der Waals surface area contributed by atoms with Crippen LogP contribution in [0.5, 0.6) is 11.5 Å². The van der Waals surface area contributed by atoms with Crippen LogP contribution in [-0.2, 0) is 11.2 Å². The molecule has 0 amide bonds. The van der Waals surface area contributed by atoms with Crippen LogP contribution in [0.2, 0.25) is 0 Å². The van der Waals surface area contributed by atoms with Crippen LogP contribution in [0.15, 0.2) is 28.8 Å². The molecule has 0 saturated heterocycles.